The van der Waals surface area contributed by atoms with Crippen LogP contribution in [-0.4, -0.2) is 72.6 Å². The lowest BCUT2D eigenvalue weighted by Crippen LogP contribution is -2.42. The summed E-state index contributed by atoms with van der Waals surface area (Å²) in [6, 6.07) is 23.4. The average molecular weight is 557 g/mol. The van der Waals surface area contributed by atoms with E-state index in [4.69, 9.17) is 14.2 Å². The minimum atomic E-state index is -0.717. The van der Waals surface area contributed by atoms with Gasteiger partial charge in [0.25, 0.3) is 11.7 Å². The topological polar surface area (TPSA) is 88.5 Å². The van der Waals surface area contributed by atoms with E-state index in [1.54, 1.807) is 29.2 Å². The van der Waals surface area contributed by atoms with E-state index >= 15 is 0 Å². The second kappa shape index (κ2) is 13.5. The van der Waals surface area contributed by atoms with Crippen molar-refractivity contribution in [1.29, 1.82) is 0 Å². The van der Waals surface area contributed by atoms with Gasteiger partial charge in [-0.1, -0.05) is 49.4 Å². The molecule has 2 heterocycles. The Kier molecular flexibility index (Phi) is 9.33. The van der Waals surface area contributed by atoms with Gasteiger partial charge < -0.3 is 24.2 Å². The zero-order chi connectivity index (χ0) is 28.6. The predicted molar refractivity (Wildman–Crippen MR) is 156 cm³/mol. The number of amides is 1. The molecule has 0 aliphatic carbocycles. The number of Topliss-reactive ketones (excluding diaryl/α,β-unsaturated/α-hetero) is 1. The number of morpholine rings is 1. The Morgan fingerprint density at radius 3 is 2.22 bits per heavy atom. The molecule has 1 amide bonds. The fraction of sp³-hybridized carbons (Fsp3) is 0.333. The number of aliphatic hydroxyl groups excluding tert-OH is 1. The Labute approximate surface area is 240 Å². The van der Waals surface area contributed by atoms with Crippen LogP contribution in [0.15, 0.2) is 84.4 Å². The van der Waals surface area contributed by atoms with E-state index in [1.807, 2.05) is 61.5 Å². The van der Waals surface area contributed by atoms with Gasteiger partial charge >= 0.3 is 0 Å². The molecule has 3 aromatic rings. The molecule has 0 aromatic heterocycles. The Bertz CT molecular complexity index is 1350. The molecular formula is C33H36N2O6. The lowest BCUT2D eigenvalue weighted by Gasteiger charge is -2.31. The van der Waals surface area contributed by atoms with E-state index in [0.717, 1.165) is 30.6 Å². The number of nitrogens with zero attached hydrogens (tertiary/aromatic N) is 2. The monoisotopic (exact) mass is 556 g/mol. The largest absolute Gasteiger partial charge is 0.507 e. The third kappa shape index (κ3) is 6.78. The summed E-state index contributed by atoms with van der Waals surface area (Å²) in [5.74, 6) is -0.158. The summed E-state index contributed by atoms with van der Waals surface area (Å²) in [6.07, 6.45) is 0.888. The molecule has 0 bridgehead atoms. The number of benzene rings is 3. The van der Waals surface area contributed by atoms with Crippen LogP contribution in [0.2, 0.25) is 0 Å². The summed E-state index contributed by atoms with van der Waals surface area (Å²) < 4.78 is 17.1. The highest BCUT2D eigenvalue weighted by atomic mass is 16.5. The van der Waals surface area contributed by atoms with Gasteiger partial charge in [0.05, 0.1) is 31.4 Å². The maximum atomic E-state index is 13.4. The van der Waals surface area contributed by atoms with Crippen molar-refractivity contribution in [2.45, 2.75) is 26.0 Å². The molecule has 2 aliphatic rings. The molecule has 0 spiro atoms. The van der Waals surface area contributed by atoms with Crippen LogP contribution < -0.4 is 9.47 Å². The number of hydrogen-bond acceptors (Lipinski definition) is 7. The normalized spacial score (nSPS) is 19.0. The third-order valence-electron chi connectivity index (χ3n) is 7.35. The lowest BCUT2D eigenvalue weighted by molar-refractivity contribution is -0.140. The molecule has 0 radical (unpaired) electrons. The van der Waals surface area contributed by atoms with Crippen molar-refractivity contribution in [1.82, 2.24) is 9.80 Å². The van der Waals surface area contributed by atoms with Crippen LogP contribution in [0.25, 0.3) is 5.76 Å². The van der Waals surface area contributed by atoms with Crippen LogP contribution in [-0.2, 0) is 20.9 Å². The first-order valence-corrected chi connectivity index (χ1v) is 14.1. The molecule has 1 atom stereocenters. The summed E-state index contributed by atoms with van der Waals surface area (Å²) in [5, 5.41) is 11.4. The number of ketones is 1. The SMILES string of the molecule is CCCOc1ccc(C2C(=C(O)c3ccc(OCc4ccccc4)cc3)C(=O)C(=O)N2CCN2CCOCC2)cc1. The predicted octanol–water partition coefficient (Wildman–Crippen LogP) is 4.81. The second-order valence-electron chi connectivity index (χ2n) is 10.2. The quantitative estimate of drug-likeness (QED) is 0.206. The summed E-state index contributed by atoms with van der Waals surface area (Å²) in [4.78, 5) is 30.5. The van der Waals surface area contributed by atoms with E-state index in [-0.39, 0.29) is 11.3 Å². The van der Waals surface area contributed by atoms with Crippen molar-refractivity contribution in [3.63, 3.8) is 0 Å². The highest BCUT2D eigenvalue weighted by molar-refractivity contribution is 6.46. The van der Waals surface area contributed by atoms with Crippen molar-refractivity contribution in [2.75, 3.05) is 46.0 Å². The molecule has 0 saturated carbocycles. The van der Waals surface area contributed by atoms with Crippen LogP contribution in [0.4, 0.5) is 0 Å². The van der Waals surface area contributed by atoms with Gasteiger partial charge in [0.1, 0.15) is 23.9 Å². The summed E-state index contributed by atoms with van der Waals surface area (Å²) >= 11 is 0. The number of carbonyl (C=O) groups excluding carboxylic acids is 2. The first-order valence-electron chi connectivity index (χ1n) is 14.1. The van der Waals surface area contributed by atoms with Gasteiger partial charge in [-0.2, -0.15) is 0 Å². The van der Waals surface area contributed by atoms with Crippen molar-refractivity contribution in [3.05, 3.63) is 101 Å². The summed E-state index contributed by atoms with van der Waals surface area (Å²) in [5.41, 5.74) is 2.30. The third-order valence-corrected chi connectivity index (χ3v) is 7.35. The zero-order valence-electron chi connectivity index (χ0n) is 23.3. The second-order valence-corrected chi connectivity index (χ2v) is 10.2. The summed E-state index contributed by atoms with van der Waals surface area (Å²) in [6.45, 7) is 6.86. The molecule has 2 fully saturated rings. The molecule has 5 rings (SSSR count). The van der Waals surface area contributed by atoms with Crippen LogP contribution >= 0.6 is 0 Å². The van der Waals surface area contributed by atoms with Crippen LogP contribution in [0.3, 0.4) is 0 Å². The Hall–Kier alpha value is -4.14. The molecule has 8 nitrogen and oxygen atoms in total. The van der Waals surface area contributed by atoms with Gasteiger partial charge in [0, 0.05) is 31.7 Å². The maximum Gasteiger partial charge on any atom is 0.295 e. The lowest BCUT2D eigenvalue weighted by atomic mass is 9.95. The molecule has 1 unspecified atom stereocenters. The minimum absolute atomic E-state index is 0.0807. The molecule has 2 aliphatic heterocycles. The fourth-order valence-electron chi connectivity index (χ4n) is 5.10. The Morgan fingerprint density at radius 1 is 0.878 bits per heavy atom. The van der Waals surface area contributed by atoms with E-state index < -0.39 is 17.7 Å². The van der Waals surface area contributed by atoms with Crippen molar-refractivity contribution < 1.29 is 28.9 Å². The average Bonchev–Trinajstić information content (AvgIpc) is 3.28. The van der Waals surface area contributed by atoms with Gasteiger partial charge in [-0.3, -0.25) is 14.5 Å². The first kappa shape index (κ1) is 28.4. The van der Waals surface area contributed by atoms with Gasteiger partial charge in [0.2, 0.25) is 0 Å². The number of carbonyl (C=O) groups is 2. The maximum absolute atomic E-state index is 13.4. The molecule has 3 aromatic carbocycles. The van der Waals surface area contributed by atoms with Crippen molar-refractivity contribution in [2.24, 2.45) is 0 Å². The molecule has 41 heavy (non-hydrogen) atoms. The number of hydrogen-bond donors (Lipinski definition) is 1. The van der Waals surface area contributed by atoms with Crippen LogP contribution in [0.5, 0.6) is 11.5 Å². The van der Waals surface area contributed by atoms with E-state index in [9.17, 15) is 14.7 Å². The van der Waals surface area contributed by atoms with Crippen LogP contribution in [0.1, 0.15) is 36.1 Å². The van der Waals surface area contributed by atoms with E-state index in [0.29, 0.717) is 56.6 Å². The standard InChI is InChI=1S/C33H36N2O6/c1-2-20-40-27-12-8-25(9-13-27)30-29(32(37)33(38)35(30)17-16-34-18-21-39-22-19-34)31(36)26-10-14-28(15-11-26)41-23-24-6-4-3-5-7-24/h3-15,30,36H,2,16-23H2,1H3. The molecule has 214 valence electrons. The number of aliphatic hydroxyl groups is 1. The van der Waals surface area contributed by atoms with Crippen LogP contribution in [0, 0.1) is 0 Å². The fourth-order valence-corrected chi connectivity index (χ4v) is 5.10. The molecular weight excluding hydrogens is 520 g/mol. The number of ether oxygens (including phenoxy) is 3. The number of rotatable bonds is 11. The molecule has 1 N–H and O–H groups in total. The van der Waals surface area contributed by atoms with Gasteiger partial charge in [-0.05, 0) is 53.9 Å². The van der Waals surface area contributed by atoms with Gasteiger partial charge in [0.15, 0.2) is 0 Å². The smallest absolute Gasteiger partial charge is 0.295 e. The van der Waals surface area contributed by atoms with E-state index in [2.05, 4.69) is 4.90 Å². The Morgan fingerprint density at radius 2 is 1.54 bits per heavy atom. The Balaban J connectivity index is 1.42. The summed E-state index contributed by atoms with van der Waals surface area (Å²) in [7, 11) is 0. The van der Waals surface area contributed by atoms with Gasteiger partial charge in [-0.25, -0.2) is 0 Å². The van der Waals surface area contributed by atoms with Crippen molar-refractivity contribution >= 4 is 17.4 Å². The van der Waals surface area contributed by atoms with Crippen molar-refractivity contribution in [3.8, 4) is 11.5 Å². The van der Waals surface area contributed by atoms with Gasteiger partial charge in [-0.15, -0.1) is 0 Å². The minimum Gasteiger partial charge on any atom is -0.507 e. The molecule has 2 saturated heterocycles. The van der Waals surface area contributed by atoms with E-state index in [1.165, 1.54) is 0 Å². The number of likely N-dealkylation sites (tertiary alicyclic amines) is 1. The zero-order valence-corrected chi connectivity index (χ0v) is 23.3. The molecule has 8 heteroatoms. The highest BCUT2D eigenvalue weighted by Gasteiger charge is 2.46. The first-order chi connectivity index (χ1) is 20.0. The highest BCUT2D eigenvalue weighted by Crippen LogP contribution is 2.40.